The number of rotatable bonds is 4. The van der Waals surface area contributed by atoms with Crippen molar-refractivity contribution in [3.05, 3.63) is 86.0 Å². The number of aromatic nitrogens is 1. The Balaban J connectivity index is 1.79. The van der Waals surface area contributed by atoms with Gasteiger partial charge >= 0.3 is 0 Å². The zero-order chi connectivity index (χ0) is 23.4. The molecule has 1 atom stereocenters. The van der Waals surface area contributed by atoms with Crippen molar-refractivity contribution in [1.29, 1.82) is 0 Å². The van der Waals surface area contributed by atoms with Gasteiger partial charge in [-0.15, -0.1) is 11.8 Å². The van der Waals surface area contributed by atoms with Gasteiger partial charge in [0.2, 0.25) is 5.76 Å². The Hall–Kier alpha value is -3.30. The molecule has 3 heterocycles. The molecule has 1 amide bonds. The summed E-state index contributed by atoms with van der Waals surface area (Å²) in [6.45, 7) is 3.14. The fourth-order valence-electron chi connectivity index (χ4n) is 4.06. The number of fused-ring (bicyclic) bond motifs is 2. The van der Waals surface area contributed by atoms with E-state index < -0.39 is 23.2 Å². The molecule has 0 fully saturated rings. The van der Waals surface area contributed by atoms with Crippen LogP contribution in [0.2, 0.25) is 0 Å². The molecule has 0 saturated heterocycles. The van der Waals surface area contributed by atoms with Gasteiger partial charge in [-0.2, -0.15) is 0 Å². The van der Waals surface area contributed by atoms with Crippen molar-refractivity contribution in [3.8, 4) is 0 Å². The molecule has 2 aromatic heterocycles. The number of thioether (sulfide) groups is 1. The third-order valence-corrected chi connectivity index (χ3v) is 7.58. The first-order valence-corrected chi connectivity index (χ1v) is 12.1. The molecule has 33 heavy (non-hydrogen) atoms. The first-order chi connectivity index (χ1) is 15.8. The third-order valence-electron chi connectivity index (χ3n) is 5.57. The van der Waals surface area contributed by atoms with Crippen LogP contribution in [0, 0.1) is 12.7 Å². The van der Waals surface area contributed by atoms with Gasteiger partial charge in [0.15, 0.2) is 16.3 Å². The molecule has 6 nitrogen and oxygen atoms in total. The van der Waals surface area contributed by atoms with Gasteiger partial charge in [-0.05, 0) is 49.1 Å². The predicted molar refractivity (Wildman–Crippen MR) is 126 cm³/mol. The number of hydrogen-bond acceptors (Lipinski definition) is 7. The second-order valence-corrected chi connectivity index (χ2v) is 9.49. The molecule has 0 aliphatic carbocycles. The van der Waals surface area contributed by atoms with Crippen LogP contribution in [0.1, 0.15) is 50.0 Å². The van der Waals surface area contributed by atoms with Crippen LogP contribution in [-0.4, -0.2) is 22.9 Å². The number of carbonyl (C=O) groups excluding carboxylic acids is 2. The van der Waals surface area contributed by atoms with Crippen LogP contribution >= 0.6 is 23.1 Å². The standard InChI is InChI=1S/C24H17FN2O4S2/c1-11-22(12(2)28)33-24(26-11)27-19(13-4-7-15(32-3)8-5-13)18-20(29)16-10-14(25)6-9-17(16)31-21(18)23(27)30/h4-10,19H,1-3H3/t19-/m1/s1. The highest BCUT2D eigenvalue weighted by molar-refractivity contribution is 7.98. The van der Waals surface area contributed by atoms with Crippen LogP contribution in [0.15, 0.2) is 56.6 Å². The minimum Gasteiger partial charge on any atom is -0.450 e. The van der Waals surface area contributed by atoms with Crippen LogP contribution < -0.4 is 10.3 Å². The van der Waals surface area contributed by atoms with Gasteiger partial charge in [-0.1, -0.05) is 23.5 Å². The summed E-state index contributed by atoms with van der Waals surface area (Å²) in [6.07, 6.45) is 1.95. The van der Waals surface area contributed by atoms with Crippen LogP contribution in [-0.2, 0) is 0 Å². The first-order valence-electron chi connectivity index (χ1n) is 10.0. The predicted octanol–water partition coefficient (Wildman–Crippen LogP) is 5.37. The maximum absolute atomic E-state index is 13.9. The SMILES string of the molecule is CSc1ccc([C@@H]2c3c(oc4ccc(F)cc4c3=O)C(=O)N2c2nc(C)c(C(C)=O)s2)cc1. The molecule has 0 bridgehead atoms. The lowest BCUT2D eigenvalue weighted by Crippen LogP contribution is -2.29. The molecule has 0 unspecified atom stereocenters. The minimum absolute atomic E-state index is 0.0638. The smallest absolute Gasteiger partial charge is 0.297 e. The minimum atomic E-state index is -0.822. The zero-order valence-corrected chi connectivity index (χ0v) is 19.5. The highest BCUT2D eigenvalue weighted by atomic mass is 32.2. The van der Waals surface area contributed by atoms with E-state index in [9.17, 15) is 18.8 Å². The van der Waals surface area contributed by atoms with E-state index in [1.165, 1.54) is 24.0 Å². The maximum atomic E-state index is 13.9. The Labute approximate surface area is 196 Å². The van der Waals surface area contributed by atoms with Gasteiger partial charge < -0.3 is 4.42 Å². The monoisotopic (exact) mass is 480 g/mol. The lowest BCUT2D eigenvalue weighted by atomic mass is 9.99. The van der Waals surface area contributed by atoms with E-state index in [4.69, 9.17) is 4.42 Å². The number of hydrogen-bond donors (Lipinski definition) is 0. The van der Waals surface area contributed by atoms with E-state index in [-0.39, 0.29) is 28.1 Å². The number of amides is 1. The second-order valence-electron chi connectivity index (χ2n) is 7.63. The summed E-state index contributed by atoms with van der Waals surface area (Å²) >= 11 is 2.66. The number of halogens is 1. The maximum Gasteiger partial charge on any atom is 0.297 e. The number of anilines is 1. The highest BCUT2D eigenvalue weighted by Crippen LogP contribution is 2.43. The van der Waals surface area contributed by atoms with Gasteiger partial charge in [-0.25, -0.2) is 9.37 Å². The number of benzene rings is 2. The Morgan fingerprint density at radius 2 is 1.91 bits per heavy atom. The van der Waals surface area contributed by atoms with Crippen molar-refractivity contribution >= 4 is 50.9 Å². The topological polar surface area (TPSA) is 80.5 Å². The molecule has 9 heteroatoms. The van der Waals surface area contributed by atoms with E-state index in [0.717, 1.165) is 22.3 Å². The number of aryl methyl sites for hydroxylation is 1. The van der Waals surface area contributed by atoms with Gasteiger partial charge in [-0.3, -0.25) is 19.3 Å². The molecule has 0 spiro atoms. The summed E-state index contributed by atoms with van der Waals surface area (Å²) < 4.78 is 19.7. The molecule has 2 aromatic carbocycles. The van der Waals surface area contributed by atoms with E-state index in [1.54, 1.807) is 18.7 Å². The molecular weight excluding hydrogens is 463 g/mol. The van der Waals surface area contributed by atoms with Crippen LogP contribution in [0.4, 0.5) is 9.52 Å². The normalized spacial score (nSPS) is 15.3. The van der Waals surface area contributed by atoms with Crippen LogP contribution in [0.25, 0.3) is 11.0 Å². The van der Waals surface area contributed by atoms with Gasteiger partial charge in [0.25, 0.3) is 5.91 Å². The van der Waals surface area contributed by atoms with E-state index in [1.807, 2.05) is 30.5 Å². The molecule has 0 N–H and O–H groups in total. The molecule has 1 aliphatic rings. The summed E-state index contributed by atoms with van der Waals surface area (Å²) in [5.74, 6) is -1.36. The van der Waals surface area contributed by atoms with E-state index in [2.05, 4.69) is 4.98 Å². The zero-order valence-electron chi connectivity index (χ0n) is 17.8. The lowest BCUT2D eigenvalue weighted by Gasteiger charge is -2.22. The summed E-state index contributed by atoms with van der Waals surface area (Å²) in [5.41, 5.74) is 0.980. The van der Waals surface area contributed by atoms with Crippen molar-refractivity contribution in [2.75, 3.05) is 11.2 Å². The van der Waals surface area contributed by atoms with E-state index in [0.29, 0.717) is 21.3 Å². The summed E-state index contributed by atoms with van der Waals surface area (Å²) in [4.78, 5) is 46.4. The largest absolute Gasteiger partial charge is 0.450 e. The molecule has 0 radical (unpaired) electrons. The molecule has 0 saturated carbocycles. The number of Topliss-reactive ketones (excluding diaryl/α,β-unsaturated/α-hetero) is 1. The summed E-state index contributed by atoms with van der Waals surface area (Å²) in [6, 6.07) is 10.3. The van der Waals surface area contributed by atoms with Crippen molar-refractivity contribution in [2.24, 2.45) is 0 Å². The number of thiazole rings is 1. The van der Waals surface area contributed by atoms with E-state index >= 15 is 0 Å². The van der Waals surface area contributed by atoms with Crippen LogP contribution in [0.5, 0.6) is 0 Å². The molecule has 166 valence electrons. The lowest BCUT2D eigenvalue weighted by molar-refractivity contribution is 0.0969. The number of carbonyl (C=O) groups is 2. The average molecular weight is 481 g/mol. The second kappa shape index (κ2) is 7.93. The Morgan fingerprint density at radius 3 is 2.55 bits per heavy atom. The van der Waals surface area contributed by atoms with Gasteiger partial charge in [0.05, 0.1) is 27.6 Å². The average Bonchev–Trinajstić information content (AvgIpc) is 3.32. The molecule has 4 aromatic rings. The van der Waals surface area contributed by atoms with Gasteiger partial charge in [0, 0.05) is 11.8 Å². The fourth-order valence-corrected chi connectivity index (χ4v) is 5.45. The first kappa shape index (κ1) is 21.5. The fraction of sp³-hybridized carbons (Fsp3) is 0.167. The molecule has 5 rings (SSSR count). The van der Waals surface area contributed by atoms with Crippen LogP contribution in [0.3, 0.4) is 0 Å². The van der Waals surface area contributed by atoms with Crippen molar-refractivity contribution in [3.63, 3.8) is 0 Å². The summed E-state index contributed by atoms with van der Waals surface area (Å²) in [7, 11) is 0. The molecule has 1 aliphatic heterocycles. The van der Waals surface area contributed by atoms with Crippen molar-refractivity contribution in [1.82, 2.24) is 4.98 Å². The van der Waals surface area contributed by atoms with Crippen molar-refractivity contribution < 1.29 is 18.4 Å². The van der Waals surface area contributed by atoms with Gasteiger partial charge in [0.1, 0.15) is 11.4 Å². The Bertz CT molecular complexity index is 1510. The summed E-state index contributed by atoms with van der Waals surface area (Å²) in [5, 5.41) is 0.358. The number of nitrogens with zero attached hydrogens (tertiary/aromatic N) is 2. The highest BCUT2D eigenvalue weighted by Gasteiger charge is 2.45. The number of ketones is 1. The quantitative estimate of drug-likeness (QED) is 0.289. The molecular formula is C24H17FN2O4S2. The van der Waals surface area contributed by atoms with Crippen molar-refractivity contribution in [2.45, 2.75) is 24.8 Å². The Morgan fingerprint density at radius 1 is 1.18 bits per heavy atom. The third kappa shape index (κ3) is 3.39. The Kier molecular flexibility index (Phi) is 5.18.